The van der Waals surface area contributed by atoms with E-state index in [4.69, 9.17) is 0 Å². The van der Waals surface area contributed by atoms with Gasteiger partial charge in [-0.1, -0.05) is 40.4 Å². The van der Waals surface area contributed by atoms with E-state index in [1.165, 1.54) is 0 Å². The van der Waals surface area contributed by atoms with Gasteiger partial charge in [0.2, 0.25) is 0 Å². The van der Waals surface area contributed by atoms with E-state index in [9.17, 15) is 0 Å². The molecule has 0 aliphatic heterocycles. The molecule has 3 nitrogen and oxygen atoms in total. The van der Waals surface area contributed by atoms with Gasteiger partial charge in [0.1, 0.15) is 8.24 Å². The van der Waals surface area contributed by atoms with E-state index in [1.807, 2.05) is 0 Å². The summed E-state index contributed by atoms with van der Waals surface area (Å²) >= 11 is 0. The molecule has 5 heteroatoms. The van der Waals surface area contributed by atoms with E-state index in [1.54, 1.807) is 0 Å². The Morgan fingerprint density at radius 2 is 1.21 bits per heavy atom. The van der Waals surface area contributed by atoms with Crippen molar-refractivity contribution in [1.82, 2.24) is 14.6 Å². The van der Waals surface area contributed by atoms with Crippen molar-refractivity contribution in [3.8, 4) is 0 Å². The molecule has 14 heavy (non-hydrogen) atoms. The maximum atomic E-state index is 3.86. The molecule has 0 fully saturated rings. The lowest BCUT2D eigenvalue weighted by Gasteiger charge is -2.45. The lowest BCUT2D eigenvalue weighted by Crippen LogP contribution is -2.79. The maximum Gasteiger partial charge on any atom is 0.279 e. The van der Waals surface area contributed by atoms with Crippen LogP contribution in [-0.2, 0) is 0 Å². The molecular formula is C9H27N3Si2. The summed E-state index contributed by atoms with van der Waals surface area (Å²) in [7, 11) is 1.09. The van der Waals surface area contributed by atoms with E-state index in [0.717, 1.165) is 0 Å². The van der Waals surface area contributed by atoms with Crippen LogP contribution in [0.15, 0.2) is 0 Å². The van der Waals surface area contributed by atoms with Crippen molar-refractivity contribution in [2.45, 2.75) is 45.5 Å². The monoisotopic (exact) mass is 233 g/mol. The molecule has 0 spiro atoms. The molecule has 0 amide bonds. The zero-order valence-electron chi connectivity index (χ0n) is 11.0. The van der Waals surface area contributed by atoms with Gasteiger partial charge in [-0.05, 0) is 19.1 Å². The number of hydrogen-bond acceptors (Lipinski definition) is 3. The van der Waals surface area contributed by atoms with Gasteiger partial charge in [0, 0.05) is 0 Å². The third-order valence-electron chi connectivity index (χ3n) is 2.44. The molecule has 0 unspecified atom stereocenters. The van der Waals surface area contributed by atoms with E-state index in [0.29, 0.717) is 0 Å². The minimum atomic E-state index is -1.77. The quantitative estimate of drug-likeness (QED) is 0.646. The molecule has 0 bridgehead atoms. The van der Waals surface area contributed by atoms with Crippen LogP contribution < -0.4 is 14.6 Å². The Morgan fingerprint density at radius 3 is 1.29 bits per heavy atom. The smallest absolute Gasteiger partial charge is 0.279 e. The standard InChI is InChI=1S/C9H27N3Si2/c1-9(2,3)14(10-4,11-5)12-13(6,7)8/h10-12H,1-8H3. The lowest BCUT2D eigenvalue weighted by atomic mass is 10.3. The van der Waals surface area contributed by atoms with Gasteiger partial charge in [0.05, 0.1) is 0 Å². The molecular weight excluding hydrogens is 206 g/mol. The Balaban J connectivity index is 4.91. The minimum Gasteiger partial charge on any atom is -0.335 e. The van der Waals surface area contributed by atoms with Crippen LogP contribution in [0.4, 0.5) is 0 Å². The second kappa shape index (κ2) is 4.44. The third-order valence-corrected chi connectivity index (χ3v) is 10.7. The average molecular weight is 234 g/mol. The largest absolute Gasteiger partial charge is 0.335 e. The van der Waals surface area contributed by atoms with Gasteiger partial charge in [-0.3, -0.25) is 0 Å². The van der Waals surface area contributed by atoms with E-state index in [2.05, 4.69) is 69.1 Å². The summed E-state index contributed by atoms with van der Waals surface area (Å²) < 4.78 is 3.86. The first-order chi connectivity index (χ1) is 6.08. The zero-order valence-corrected chi connectivity index (χ0v) is 13.0. The second-order valence-corrected chi connectivity index (χ2v) is 15.4. The Labute approximate surface area is 91.4 Å². The third kappa shape index (κ3) is 3.47. The van der Waals surface area contributed by atoms with Gasteiger partial charge in [-0.2, -0.15) is 0 Å². The van der Waals surface area contributed by atoms with Crippen LogP contribution in [0.1, 0.15) is 20.8 Å². The summed E-state index contributed by atoms with van der Waals surface area (Å²) in [6.07, 6.45) is 0. The fourth-order valence-electron chi connectivity index (χ4n) is 1.75. The molecule has 0 aromatic heterocycles. The lowest BCUT2D eigenvalue weighted by molar-refractivity contribution is 0.654. The van der Waals surface area contributed by atoms with Gasteiger partial charge in [-0.25, -0.2) is 0 Å². The molecule has 0 aromatic rings. The molecule has 3 N–H and O–H groups in total. The predicted octanol–water partition coefficient (Wildman–Crippen LogP) is 1.59. The second-order valence-electron chi connectivity index (χ2n) is 5.88. The first-order valence-electron chi connectivity index (χ1n) is 5.25. The SMILES string of the molecule is CN[Si](NC)(N[Si](C)(C)C)C(C)(C)C. The topological polar surface area (TPSA) is 36.1 Å². The molecule has 0 rings (SSSR count). The van der Waals surface area contributed by atoms with E-state index < -0.39 is 16.8 Å². The molecule has 0 aromatic carbocycles. The van der Waals surface area contributed by atoms with E-state index >= 15 is 0 Å². The summed E-state index contributed by atoms with van der Waals surface area (Å²) in [5, 5.41) is 0.261. The summed E-state index contributed by atoms with van der Waals surface area (Å²) in [6.45, 7) is 13.9. The molecule has 0 aliphatic rings. The Kier molecular flexibility index (Phi) is 4.54. The van der Waals surface area contributed by atoms with Gasteiger partial charge in [-0.15, -0.1) is 0 Å². The van der Waals surface area contributed by atoms with Crippen LogP contribution in [0.5, 0.6) is 0 Å². The normalized spacial score (nSPS) is 14.6. The van der Waals surface area contributed by atoms with Crippen molar-refractivity contribution in [2.24, 2.45) is 0 Å². The van der Waals surface area contributed by atoms with Crippen molar-refractivity contribution in [3.05, 3.63) is 0 Å². The molecule has 0 saturated heterocycles. The highest BCUT2D eigenvalue weighted by Crippen LogP contribution is 2.30. The fourth-order valence-corrected chi connectivity index (χ4v) is 10.5. The van der Waals surface area contributed by atoms with Crippen molar-refractivity contribution >= 4 is 16.8 Å². The van der Waals surface area contributed by atoms with Crippen molar-refractivity contribution in [1.29, 1.82) is 0 Å². The Bertz CT molecular complexity index is 177. The van der Waals surface area contributed by atoms with Crippen molar-refractivity contribution in [3.63, 3.8) is 0 Å². The van der Waals surface area contributed by atoms with Crippen molar-refractivity contribution < 1.29 is 0 Å². The molecule has 86 valence electrons. The molecule has 0 saturated carbocycles. The van der Waals surface area contributed by atoms with Crippen molar-refractivity contribution in [2.75, 3.05) is 14.1 Å². The Hall–Kier alpha value is 0.314. The summed E-state index contributed by atoms with van der Waals surface area (Å²) in [6, 6.07) is 0. The molecule has 0 heterocycles. The van der Waals surface area contributed by atoms with Gasteiger partial charge >= 0.3 is 0 Å². The molecule has 0 aliphatic carbocycles. The highest BCUT2D eigenvalue weighted by molar-refractivity contribution is 6.90. The molecule has 0 radical (unpaired) electrons. The maximum absolute atomic E-state index is 3.86. The summed E-state index contributed by atoms with van der Waals surface area (Å²) in [4.78, 5) is 7.03. The first-order valence-corrected chi connectivity index (χ1v) is 10.8. The van der Waals surface area contributed by atoms with Gasteiger partial charge in [0.15, 0.2) is 0 Å². The molecule has 0 atom stereocenters. The van der Waals surface area contributed by atoms with Crippen LogP contribution in [0, 0.1) is 0 Å². The van der Waals surface area contributed by atoms with Crippen LogP contribution in [0.25, 0.3) is 0 Å². The predicted molar refractivity (Wildman–Crippen MR) is 70.1 cm³/mol. The zero-order chi connectivity index (χ0) is 11.6. The highest BCUT2D eigenvalue weighted by atomic mass is 28.4. The van der Waals surface area contributed by atoms with Crippen LogP contribution in [-0.4, -0.2) is 30.9 Å². The fraction of sp³-hybridized carbons (Fsp3) is 1.00. The van der Waals surface area contributed by atoms with Gasteiger partial charge in [0.25, 0.3) is 8.56 Å². The van der Waals surface area contributed by atoms with Crippen LogP contribution >= 0.6 is 0 Å². The van der Waals surface area contributed by atoms with Crippen LogP contribution in [0.3, 0.4) is 0 Å². The highest BCUT2D eigenvalue weighted by Gasteiger charge is 2.46. The first kappa shape index (κ1) is 14.3. The Morgan fingerprint density at radius 1 is 0.857 bits per heavy atom. The summed E-state index contributed by atoms with van der Waals surface area (Å²) in [5.41, 5.74) is 0. The average Bonchev–Trinajstić information content (AvgIpc) is 1.96. The number of hydrogen-bond donors (Lipinski definition) is 3. The van der Waals surface area contributed by atoms with Gasteiger partial charge < -0.3 is 14.6 Å². The number of rotatable bonds is 4. The van der Waals surface area contributed by atoms with E-state index in [-0.39, 0.29) is 5.04 Å². The van der Waals surface area contributed by atoms with Crippen LogP contribution in [0.2, 0.25) is 24.7 Å². The summed E-state index contributed by atoms with van der Waals surface area (Å²) in [5.74, 6) is 0. The minimum absolute atomic E-state index is 0.261. The number of nitrogens with one attached hydrogen (secondary N) is 3.